The SMILES string of the molecule is COC(=O)CCc1ccccc1C[C@@H]1OCO[C@H]1COCc1ccccc1. The molecule has 2 atom stereocenters. The summed E-state index contributed by atoms with van der Waals surface area (Å²) in [6.07, 6.45) is 1.61. The lowest BCUT2D eigenvalue weighted by molar-refractivity contribution is -0.140. The molecule has 27 heavy (non-hydrogen) atoms. The van der Waals surface area contributed by atoms with E-state index in [1.807, 2.05) is 42.5 Å². The smallest absolute Gasteiger partial charge is 0.305 e. The van der Waals surface area contributed by atoms with Crippen molar-refractivity contribution < 1.29 is 23.7 Å². The summed E-state index contributed by atoms with van der Waals surface area (Å²) >= 11 is 0. The van der Waals surface area contributed by atoms with Crippen molar-refractivity contribution in [3.63, 3.8) is 0 Å². The molecule has 2 aromatic rings. The number of carbonyl (C=O) groups is 1. The van der Waals surface area contributed by atoms with E-state index >= 15 is 0 Å². The van der Waals surface area contributed by atoms with Crippen LogP contribution in [0.4, 0.5) is 0 Å². The molecule has 1 aliphatic heterocycles. The molecule has 0 aliphatic carbocycles. The van der Waals surface area contributed by atoms with Crippen molar-refractivity contribution in [3.8, 4) is 0 Å². The summed E-state index contributed by atoms with van der Waals surface area (Å²) in [5.74, 6) is -0.197. The fourth-order valence-corrected chi connectivity index (χ4v) is 3.20. The number of rotatable bonds is 9. The van der Waals surface area contributed by atoms with Crippen LogP contribution >= 0.6 is 0 Å². The van der Waals surface area contributed by atoms with Gasteiger partial charge in [0.1, 0.15) is 12.9 Å². The summed E-state index contributed by atoms with van der Waals surface area (Å²) < 4.78 is 22.1. The van der Waals surface area contributed by atoms with Crippen molar-refractivity contribution in [1.29, 1.82) is 0 Å². The first kappa shape index (κ1) is 19.5. The van der Waals surface area contributed by atoms with Crippen molar-refractivity contribution >= 4 is 5.97 Å². The van der Waals surface area contributed by atoms with Crippen LogP contribution in [0.2, 0.25) is 0 Å². The Kier molecular flexibility index (Phi) is 7.39. The van der Waals surface area contributed by atoms with Gasteiger partial charge in [-0.1, -0.05) is 54.6 Å². The monoisotopic (exact) mass is 370 g/mol. The van der Waals surface area contributed by atoms with Crippen molar-refractivity contribution in [2.45, 2.75) is 38.1 Å². The number of hydrogen-bond donors (Lipinski definition) is 0. The highest BCUT2D eigenvalue weighted by atomic mass is 16.7. The molecule has 2 aromatic carbocycles. The molecule has 1 saturated heterocycles. The van der Waals surface area contributed by atoms with Crippen LogP contribution in [0.25, 0.3) is 0 Å². The summed E-state index contributed by atoms with van der Waals surface area (Å²) in [4.78, 5) is 11.4. The van der Waals surface area contributed by atoms with E-state index < -0.39 is 0 Å². The van der Waals surface area contributed by atoms with Crippen LogP contribution in [-0.2, 0) is 43.2 Å². The van der Waals surface area contributed by atoms with E-state index in [0.717, 1.165) is 17.5 Å². The van der Waals surface area contributed by atoms with Crippen LogP contribution in [0.3, 0.4) is 0 Å². The fourth-order valence-electron chi connectivity index (χ4n) is 3.20. The molecule has 0 spiro atoms. The molecule has 144 valence electrons. The van der Waals surface area contributed by atoms with Gasteiger partial charge < -0.3 is 18.9 Å². The van der Waals surface area contributed by atoms with Crippen LogP contribution in [0.5, 0.6) is 0 Å². The maximum Gasteiger partial charge on any atom is 0.305 e. The summed E-state index contributed by atoms with van der Waals surface area (Å²) in [7, 11) is 1.41. The van der Waals surface area contributed by atoms with Crippen LogP contribution < -0.4 is 0 Å². The predicted molar refractivity (Wildman–Crippen MR) is 101 cm³/mol. The van der Waals surface area contributed by atoms with Gasteiger partial charge >= 0.3 is 5.97 Å². The molecular weight excluding hydrogens is 344 g/mol. The molecule has 0 aromatic heterocycles. The highest BCUT2D eigenvalue weighted by Gasteiger charge is 2.30. The number of esters is 1. The normalized spacial score (nSPS) is 19.1. The van der Waals surface area contributed by atoms with E-state index in [2.05, 4.69) is 12.1 Å². The highest BCUT2D eigenvalue weighted by Crippen LogP contribution is 2.21. The van der Waals surface area contributed by atoms with Crippen molar-refractivity contribution in [2.24, 2.45) is 0 Å². The van der Waals surface area contributed by atoms with E-state index in [1.165, 1.54) is 12.7 Å². The fraction of sp³-hybridized carbons (Fsp3) is 0.409. The third kappa shape index (κ3) is 5.89. The Morgan fingerprint density at radius 1 is 1.00 bits per heavy atom. The van der Waals surface area contributed by atoms with Gasteiger partial charge in [-0.2, -0.15) is 0 Å². The average molecular weight is 370 g/mol. The van der Waals surface area contributed by atoms with E-state index in [-0.39, 0.29) is 25.0 Å². The molecule has 5 nitrogen and oxygen atoms in total. The molecule has 0 amide bonds. The zero-order chi connectivity index (χ0) is 18.9. The van der Waals surface area contributed by atoms with Crippen LogP contribution in [0.1, 0.15) is 23.1 Å². The van der Waals surface area contributed by atoms with Gasteiger partial charge in [0.15, 0.2) is 0 Å². The molecule has 1 aliphatic rings. The molecule has 1 fully saturated rings. The van der Waals surface area contributed by atoms with Gasteiger partial charge in [0.05, 0.1) is 26.4 Å². The Morgan fingerprint density at radius 3 is 2.48 bits per heavy atom. The molecule has 1 heterocycles. The first-order chi connectivity index (χ1) is 13.3. The van der Waals surface area contributed by atoms with E-state index in [0.29, 0.717) is 26.1 Å². The summed E-state index contributed by atoms with van der Waals surface area (Å²) in [5.41, 5.74) is 3.45. The number of hydrogen-bond acceptors (Lipinski definition) is 5. The topological polar surface area (TPSA) is 54.0 Å². The van der Waals surface area contributed by atoms with Gasteiger partial charge in [0.2, 0.25) is 0 Å². The maximum absolute atomic E-state index is 11.4. The average Bonchev–Trinajstić information content (AvgIpc) is 3.15. The largest absolute Gasteiger partial charge is 0.469 e. The first-order valence-corrected chi connectivity index (χ1v) is 9.24. The molecule has 0 bridgehead atoms. The number of methoxy groups -OCH3 is 1. The zero-order valence-corrected chi connectivity index (χ0v) is 15.6. The van der Waals surface area contributed by atoms with E-state index in [1.54, 1.807) is 0 Å². The Morgan fingerprint density at radius 2 is 1.70 bits per heavy atom. The third-order valence-electron chi connectivity index (χ3n) is 4.74. The lowest BCUT2D eigenvalue weighted by Crippen LogP contribution is -2.30. The number of benzene rings is 2. The Balaban J connectivity index is 1.54. The minimum absolute atomic E-state index is 0.0555. The third-order valence-corrected chi connectivity index (χ3v) is 4.74. The molecule has 0 radical (unpaired) electrons. The van der Waals surface area contributed by atoms with Crippen LogP contribution in [0.15, 0.2) is 54.6 Å². The van der Waals surface area contributed by atoms with Gasteiger partial charge in [-0.05, 0) is 23.1 Å². The molecule has 0 N–H and O–H groups in total. The molecule has 3 rings (SSSR count). The van der Waals surface area contributed by atoms with Crippen molar-refractivity contribution in [3.05, 3.63) is 71.3 Å². The maximum atomic E-state index is 11.4. The predicted octanol–water partition coefficient (Wildman–Crippen LogP) is 3.29. The van der Waals surface area contributed by atoms with E-state index in [9.17, 15) is 4.79 Å². The Labute approximate surface area is 160 Å². The molecule has 5 heteroatoms. The standard InChI is InChI=1S/C22H26O5/c1-24-22(23)12-11-18-9-5-6-10-19(18)13-20-21(27-16-26-20)15-25-14-17-7-3-2-4-8-17/h2-10,20-21H,11-16H2,1H3/t20-,21-/m0/s1. The lowest BCUT2D eigenvalue weighted by Gasteiger charge is -2.19. The second-order valence-corrected chi connectivity index (χ2v) is 6.58. The van der Waals surface area contributed by atoms with E-state index in [4.69, 9.17) is 18.9 Å². The van der Waals surface area contributed by atoms with Gasteiger partial charge in [0.25, 0.3) is 0 Å². The van der Waals surface area contributed by atoms with Gasteiger partial charge in [-0.3, -0.25) is 4.79 Å². The van der Waals surface area contributed by atoms with Gasteiger partial charge in [-0.15, -0.1) is 0 Å². The highest BCUT2D eigenvalue weighted by molar-refractivity contribution is 5.69. The minimum Gasteiger partial charge on any atom is -0.469 e. The zero-order valence-electron chi connectivity index (χ0n) is 15.6. The Bertz CT molecular complexity index is 716. The van der Waals surface area contributed by atoms with Crippen molar-refractivity contribution in [1.82, 2.24) is 0 Å². The quantitative estimate of drug-likeness (QED) is 0.634. The molecule has 0 unspecified atom stereocenters. The summed E-state index contributed by atoms with van der Waals surface area (Å²) in [5, 5.41) is 0. The summed E-state index contributed by atoms with van der Waals surface area (Å²) in [6, 6.07) is 18.2. The van der Waals surface area contributed by atoms with Crippen LogP contribution in [-0.4, -0.2) is 38.7 Å². The van der Waals surface area contributed by atoms with Crippen molar-refractivity contribution in [2.75, 3.05) is 20.5 Å². The molecule has 0 saturated carbocycles. The number of carbonyl (C=O) groups excluding carboxylic acids is 1. The van der Waals surface area contributed by atoms with Gasteiger partial charge in [-0.25, -0.2) is 0 Å². The minimum atomic E-state index is -0.197. The lowest BCUT2D eigenvalue weighted by atomic mass is 9.96. The second kappa shape index (κ2) is 10.2. The second-order valence-electron chi connectivity index (χ2n) is 6.58. The number of ether oxygens (including phenoxy) is 4. The first-order valence-electron chi connectivity index (χ1n) is 9.24. The number of aryl methyl sites for hydroxylation is 1. The Hall–Kier alpha value is -2.21. The van der Waals surface area contributed by atoms with Gasteiger partial charge in [0, 0.05) is 12.8 Å². The summed E-state index contributed by atoms with van der Waals surface area (Å²) in [6.45, 7) is 1.33. The van der Waals surface area contributed by atoms with Crippen LogP contribution in [0, 0.1) is 0 Å². The molecular formula is C22H26O5.